The second-order valence-electron chi connectivity index (χ2n) is 6.60. The van der Waals surface area contributed by atoms with Crippen LogP contribution < -0.4 is 5.73 Å². The first kappa shape index (κ1) is 20.3. The zero-order valence-electron chi connectivity index (χ0n) is 15.9. The molecule has 1 aliphatic heterocycles. The van der Waals surface area contributed by atoms with Crippen LogP contribution in [0, 0.1) is 0 Å². The summed E-state index contributed by atoms with van der Waals surface area (Å²) in [6.07, 6.45) is -5.97. The highest BCUT2D eigenvalue weighted by Gasteiger charge is 2.35. The van der Waals surface area contributed by atoms with Crippen molar-refractivity contribution in [2.45, 2.75) is 19.3 Å². The van der Waals surface area contributed by atoms with Gasteiger partial charge in [0.05, 0.1) is 17.0 Å². The van der Waals surface area contributed by atoms with Crippen molar-refractivity contribution in [2.75, 3.05) is 0 Å². The van der Waals surface area contributed by atoms with Gasteiger partial charge in [-0.3, -0.25) is 9.59 Å². The van der Waals surface area contributed by atoms with E-state index in [1.807, 2.05) is 0 Å². The number of carbonyl (C=O) groups excluding carboxylic acids is 2. The number of rotatable bonds is 3. The average Bonchev–Trinajstić information content (AvgIpc) is 3.11. The van der Waals surface area contributed by atoms with Crippen molar-refractivity contribution < 1.29 is 27.5 Å². The van der Waals surface area contributed by atoms with E-state index in [2.05, 4.69) is 15.1 Å². The Morgan fingerprint density at radius 2 is 1.84 bits per heavy atom. The van der Waals surface area contributed by atoms with Crippen molar-refractivity contribution in [3.05, 3.63) is 76.9 Å². The van der Waals surface area contributed by atoms with Gasteiger partial charge in [0, 0.05) is 18.1 Å². The van der Waals surface area contributed by atoms with Crippen LogP contribution in [0.15, 0.2) is 53.5 Å². The van der Waals surface area contributed by atoms with Gasteiger partial charge < -0.3 is 10.5 Å². The van der Waals surface area contributed by atoms with Crippen molar-refractivity contribution in [3.8, 4) is 5.69 Å². The van der Waals surface area contributed by atoms with Gasteiger partial charge in [-0.1, -0.05) is 30.3 Å². The topological polar surface area (TPSA) is 112 Å². The molecule has 158 valence electrons. The van der Waals surface area contributed by atoms with Crippen molar-refractivity contribution in [1.82, 2.24) is 14.8 Å². The maximum Gasteiger partial charge on any atom is 0.416 e. The molecule has 2 heterocycles. The fraction of sp³-hybridized carbons (Fsp3) is 0.150. The van der Waals surface area contributed by atoms with E-state index < -0.39 is 35.7 Å². The molecule has 0 spiro atoms. The maximum absolute atomic E-state index is 13.4. The SMILES string of the molecule is CC(=O)OC1N=C(c2ccccc2)c2cc(C(F)(F)F)ccc2-n2nc(C(N)=O)nc21. The van der Waals surface area contributed by atoms with Gasteiger partial charge in [-0.25, -0.2) is 14.7 Å². The molecule has 0 saturated heterocycles. The molecule has 8 nitrogen and oxygen atoms in total. The molecular formula is C20H14F3N5O3. The van der Waals surface area contributed by atoms with Gasteiger partial charge in [0.25, 0.3) is 12.1 Å². The van der Waals surface area contributed by atoms with Gasteiger partial charge in [0.2, 0.25) is 5.82 Å². The normalized spacial score (nSPS) is 15.4. The monoisotopic (exact) mass is 429 g/mol. The molecule has 4 rings (SSSR count). The smallest absolute Gasteiger partial charge is 0.416 e. The van der Waals surface area contributed by atoms with Gasteiger partial charge in [0.1, 0.15) is 0 Å². The van der Waals surface area contributed by atoms with Crippen LogP contribution in [0.1, 0.15) is 46.3 Å². The maximum atomic E-state index is 13.4. The summed E-state index contributed by atoms with van der Waals surface area (Å²) < 4.78 is 46.7. The first-order valence-electron chi connectivity index (χ1n) is 8.94. The van der Waals surface area contributed by atoms with Gasteiger partial charge in [-0.05, 0) is 18.2 Å². The molecule has 1 amide bonds. The summed E-state index contributed by atoms with van der Waals surface area (Å²) in [5.74, 6) is -2.13. The van der Waals surface area contributed by atoms with E-state index in [1.54, 1.807) is 30.3 Å². The standard InChI is InChI=1S/C20H14F3N5O3/c1-10(29)31-19-18-26-17(16(24)30)27-28(18)14-8-7-12(20(21,22)23)9-13(14)15(25-19)11-5-3-2-4-6-11/h2-9,19H,1H3,(H2,24,30). The molecular weight excluding hydrogens is 415 g/mol. The number of esters is 1. The van der Waals surface area contributed by atoms with Crippen LogP contribution in [0.4, 0.5) is 13.2 Å². The molecule has 11 heteroatoms. The van der Waals surface area contributed by atoms with Crippen molar-refractivity contribution in [1.29, 1.82) is 0 Å². The van der Waals surface area contributed by atoms with Crippen molar-refractivity contribution in [3.63, 3.8) is 0 Å². The Kier molecular flexibility index (Phi) is 4.80. The molecule has 2 N–H and O–H groups in total. The number of benzene rings is 2. The van der Waals surface area contributed by atoms with Crippen LogP contribution in [-0.4, -0.2) is 32.4 Å². The number of carbonyl (C=O) groups is 2. The number of amides is 1. The summed E-state index contributed by atoms with van der Waals surface area (Å²) in [7, 11) is 0. The van der Waals surface area contributed by atoms with Gasteiger partial charge in [-0.2, -0.15) is 13.2 Å². The quantitative estimate of drug-likeness (QED) is 0.644. The first-order chi connectivity index (χ1) is 14.6. The second kappa shape index (κ2) is 7.35. The predicted molar refractivity (Wildman–Crippen MR) is 101 cm³/mol. The van der Waals surface area contributed by atoms with Gasteiger partial charge >= 0.3 is 12.1 Å². The third-order valence-electron chi connectivity index (χ3n) is 4.45. The van der Waals surface area contributed by atoms with E-state index in [0.29, 0.717) is 5.56 Å². The number of primary amides is 1. The molecule has 1 unspecified atom stereocenters. The molecule has 0 fully saturated rings. The lowest BCUT2D eigenvalue weighted by molar-refractivity contribution is -0.146. The molecule has 0 aliphatic carbocycles. The fourth-order valence-electron chi connectivity index (χ4n) is 3.16. The Labute approximate surface area is 173 Å². The summed E-state index contributed by atoms with van der Waals surface area (Å²) in [6.45, 7) is 1.15. The highest BCUT2D eigenvalue weighted by atomic mass is 19.4. The Balaban J connectivity index is 2.05. The molecule has 1 aromatic heterocycles. The number of hydrogen-bond acceptors (Lipinski definition) is 6. The Morgan fingerprint density at radius 1 is 1.13 bits per heavy atom. The number of fused-ring (bicyclic) bond motifs is 3. The van der Waals surface area contributed by atoms with E-state index >= 15 is 0 Å². The molecule has 1 aliphatic rings. The number of aliphatic imine (C=N–C) groups is 1. The predicted octanol–water partition coefficient (Wildman–Crippen LogP) is 2.80. The minimum atomic E-state index is -4.61. The fourth-order valence-corrected chi connectivity index (χ4v) is 3.16. The number of alkyl halides is 3. The second-order valence-corrected chi connectivity index (χ2v) is 6.60. The number of hydrogen-bond donors (Lipinski definition) is 1. The summed E-state index contributed by atoms with van der Waals surface area (Å²) in [4.78, 5) is 31.7. The zero-order chi connectivity index (χ0) is 22.3. The number of nitrogens with zero attached hydrogens (tertiary/aromatic N) is 4. The van der Waals surface area contributed by atoms with E-state index in [1.165, 1.54) is 6.07 Å². The van der Waals surface area contributed by atoms with E-state index in [-0.39, 0.29) is 22.8 Å². The van der Waals surface area contributed by atoms with E-state index in [0.717, 1.165) is 23.7 Å². The summed E-state index contributed by atoms with van der Waals surface area (Å²) in [6, 6.07) is 11.4. The Morgan fingerprint density at radius 3 is 2.45 bits per heavy atom. The molecule has 3 aromatic rings. The highest BCUT2D eigenvalue weighted by Crippen LogP contribution is 2.35. The molecule has 31 heavy (non-hydrogen) atoms. The molecule has 0 bridgehead atoms. The van der Waals surface area contributed by atoms with Crippen LogP contribution in [0.25, 0.3) is 5.69 Å². The number of halogens is 3. The van der Waals surface area contributed by atoms with Crippen LogP contribution in [0.2, 0.25) is 0 Å². The first-order valence-corrected chi connectivity index (χ1v) is 8.94. The van der Waals surface area contributed by atoms with Crippen LogP contribution >= 0.6 is 0 Å². The van der Waals surface area contributed by atoms with Crippen LogP contribution in [0.5, 0.6) is 0 Å². The molecule has 0 radical (unpaired) electrons. The van der Waals surface area contributed by atoms with E-state index in [4.69, 9.17) is 10.5 Å². The Bertz CT molecular complexity index is 1220. The largest absolute Gasteiger partial charge is 0.432 e. The minimum Gasteiger partial charge on any atom is -0.432 e. The van der Waals surface area contributed by atoms with Crippen molar-refractivity contribution >= 4 is 17.6 Å². The van der Waals surface area contributed by atoms with E-state index in [9.17, 15) is 22.8 Å². The summed E-state index contributed by atoms with van der Waals surface area (Å²) in [5, 5.41) is 4.01. The number of nitrogens with two attached hydrogens (primary N) is 1. The number of aromatic nitrogens is 3. The molecule has 1 atom stereocenters. The van der Waals surface area contributed by atoms with Crippen molar-refractivity contribution in [2.24, 2.45) is 10.7 Å². The number of ether oxygens (including phenoxy) is 1. The minimum absolute atomic E-state index is 0.0675. The summed E-state index contributed by atoms with van der Waals surface area (Å²) in [5.41, 5.74) is 5.22. The lowest BCUT2D eigenvalue weighted by Crippen LogP contribution is -2.15. The zero-order valence-corrected chi connectivity index (χ0v) is 15.9. The van der Waals surface area contributed by atoms with Gasteiger partial charge in [-0.15, -0.1) is 5.10 Å². The third-order valence-corrected chi connectivity index (χ3v) is 4.45. The summed E-state index contributed by atoms with van der Waals surface area (Å²) >= 11 is 0. The lowest BCUT2D eigenvalue weighted by Gasteiger charge is -2.14. The van der Waals surface area contributed by atoms with Crippen LogP contribution in [0.3, 0.4) is 0 Å². The molecule has 0 saturated carbocycles. The Hall–Kier alpha value is -4.02. The van der Waals surface area contributed by atoms with Gasteiger partial charge in [0.15, 0.2) is 5.82 Å². The third kappa shape index (κ3) is 3.77. The molecule has 2 aromatic carbocycles. The highest BCUT2D eigenvalue weighted by molar-refractivity contribution is 6.15. The van der Waals surface area contributed by atoms with Crippen LogP contribution in [-0.2, 0) is 15.7 Å². The average molecular weight is 429 g/mol. The lowest BCUT2D eigenvalue weighted by atomic mass is 9.98.